The molecule has 0 heterocycles. The Bertz CT molecular complexity index is 1130. The third-order valence-electron chi connectivity index (χ3n) is 5.18. The van der Waals surface area contributed by atoms with Gasteiger partial charge < -0.3 is 19.7 Å². The maximum absolute atomic E-state index is 12.8. The van der Waals surface area contributed by atoms with Crippen LogP contribution in [0.1, 0.15) is 40.1 Å². The van der Waals surface area contributed by atoms with Gasteiger partial charge in [0.15, 0.2) is 11.5 Å². The molecule has 6 nitrogen and oxygen atoms in total. The van der Waals surface area contributed by atoms with Crippen LogP contribution >= 0.6 is 11.6 Å². The van der Waals surface area contributed by atoms with Gasteiger partial charge in [0.25, 0.3) is 11.8 Å². The van der Waals surface area contributed by atoms with Crippen molar-refractivity contribution < 1.29 is 19.1 Å². The summed E-state index contributed by atoms with van der Waals surface area (Å²) >= 11 is 6.18. The molecule has 1 N–H and O–H groups in total. The van der Waals surface area contributed by atoms with Crippen LogP contribution in [0, 0.1) is 0 Å². The molecule has 172 valence electrons. The van der Waals surface area contributed by atoms with Gasteiger partial charge >= 0.3 is 0 Å². The summed E-state index contributed by atoms with van der Waals surface area (Å²) in [5.41, 5.74) is 2.31. The summed E-state index contributed by atoms with van der Waals surface area (Å²) in [4.78, 5) is 27.1. The molecule has 3 rings (SSSR count). The van der Waals surface area contributed by atoms with Crippen LogP contribution in [0.4, 0.5) is 5.69 Å². The minimum absolute atomic E-state index is 0.0715. The minimum atomic E-state index is -0.321. The lowest BCUT2D eigenvalue weighted by molar-refractivity contribution is 0.0772. The van der Waals surface area contributed by atoms with Gasteiger partial charge in [-0.05, 0) is 56.3 Å². The van der Waals surface area contributed by atoms with Crippen molar-refractivity contribution in [1.82, 2.24) is 4.90 Å². The standard InChI is InChI=1S/C26H27ClN2O4/c1-4-29(5-2)26(31)19-10-8-11-21(15-19)28-25(30)18-13-14-23(24(16-18)32-3)33-17-20-9-6-7-12-22(20)27/h6-16H,4-5,17H2,1-3H3,(H,28,30). The highest BCUT2D eigenvalue weighted by Crippen LogP contribution is 2.30. The molecule has 0 radical (unpaired) electrons. The number of nitrogens with zero attached hydrogens (tertiary/aromatic N) is 1. The van der Waals surface area contributed by atoms with Crippen LogP contribution in [-0.2, 0) is 6.61 Å². The quantitative estimate of drug-likeness (QED) is 0.441. The second-order valence-corrected chi connectivity index (χ2v) is 7.67. The summed E-state index contributed by atoms with van der Waals surface area (Å²) in [6.45, 7) is 5.38. The molecule has 0 aliphatic rings. The highest BCUT2D eigenvalue weighted by molar-refractivity contribution is 6.31. The number of benzene rings is 3. The third kappa shape index (κ3) is 6.05. The lowest BCUT2D eigenvalue weighted by Crippen LogP contribution is -2.30. The molecule has 3 aromatic rings. The Kier molecular flexibility index (Phi) is 8.33. The fraction of sp³-hybridized carbons (Fsp3) is 0.231. The van der Waals surface area contributed by atoms with Crippen molar-refractivity contribution in [3.8, 4) is 11.5 Å². The maximum Gasteiger partial charge on any atom is 0.255 e. The lowest BCUT2D eigenvalue weighted by atomic mass is 10.1. The Labute approximate surface area is 199 Å². The molecule has 2 amide bonds. The Morgan fingerprint density at radius 1 is 0.909 bits per heavy atom. The van der Waals surface area contributed by atoms with E-state index in [0.717, 1.165) is 5.56 Å². The molecule has 7 heteroatoms. The van der Waals surface area contributed by atoms with Crippen LogP contribution in [-0.4, -0.2) is 36.9 Å². The van der Waals surface area contributed by atoms with Gasteiger partial charge in [-0.15, -0.1) is 0 Å². The summed E-state index contributed by atoms with van der Waals surface area (Å²) in [7, 11) is 1.52. The first kappa shape index (κ1) is 24.1. The zero-order chi connectivity index (χ0) is 23.8. The molecule has 0 bridgehead atoms. The molecule has 0 saturated carbocycles. The highest BCUT2D eigenvalue weighted by Gasteiger charge is 2.15. The van der Waals surface area contributed by atoms with Crippen molar-refractivity contribution in [2.75, 3.05) is 25.5 Å². The Morgan fingerprint density at radius 3 is 2.36 bits per heavy atom. The van der Waals surface area contributed by atoms with E-state index in [9.17, 15) is 9.59 Å². The fourth-order valence-electron chi connectivity index (χ4n) is 3.33. The molecule has 0 spiro atoms. The van der Waals surface area contributed by atoms with Crippen molar-refractivity contribution in [3.05, 3.63) is 88.4 Å². The largest absolute Gasteiger partial charge is 0.493 e. The SMILES string of the molecule is CCN(CC)C(=O)c1cccc(NC(=O)c2ccc(OCc3ccccc3Cl)c(OC)c2)c1. The molecule has 0 atom stereocenters. The maximum atomic E-state index is 12.8. The lowest BCUT2D eigenvalue weighted by Gasteiger charge is -2.19. The predicted octanol–water partition coefficient (Wildman–Crippen LogP) is 5.66. The van der Waals surface area contributed by atoms with E-state index in [1.165, 1.54) is 7.11 Å². The monoisotopic (exact) mass is 466 g/mol. The molecule has 0 unspecified atom stereocenters. The highest BCUT2D eigenvalue weighted by atomic mass is 35.5. The van der Waals surface area contributed by atoms with Crippen molar-refractivity contribution in [2.24, 2.45) is 0 Å². The number of ether oxygens (including phenoxy) is 2. The second-order valence-electron chi connectivity index (χ2n) is 7.26. The van der Waals surface area contributed by atoms with E-state index in [2.05, 4.69) is 5.32 Å². The number of methoxy groups -OCH3 is 1. The molecule has 0 aliphatic heterocycles. The van der Waals surface area contributed by atoms with Crippen LogP contribution in [0.5, 0.6) is 11.5 Å². The summed E-state index contributed by atoms with van der Waals surface area (Å²) in [6, 6.07) is 19.3. The van der Waals surface area contributed by atoms with Crippen molar-refractivity contribution >= 4 is 29.1 Å². The minimum Gasteiger partial charge on any atom is -0.493 e. The number of halogens is 1. The van der Waals surface area contributed by atoms with Crippen molar-refractivity contribution in [3.63, 3.8) is 0 Å². The van der Waals surface area contributed by atoms with Crippen molar-refractivity contribution in [1.29, 1.82) is 0 Å². The number of hydrogen-bond acceptors (Lipinski definition) is 4. The molecule has 0 fully saturated rings. The van der Waals surface area contributed by atoms with Crippen molar-refractivity contribution in [2.45, 2.75) is 20.5 Å². The zero-order valence-corrected chi connectivity index (χ0v) is 19.7. The summed E-state index contributed by atoms with van der Waals surface area (Å²) in [6.07, 6.45) is 0. The summed E-state index contributed by atoms with van der Waals surface area (Å²) < 4.78 is 11.3. The molecule has 3 aromatic carbocycles. The molecular weight excluding hydrogens is 440 g/mol. The van der Waals surface area contributed by atoms with Gasteiger partial charge in [0.05, 0.1) is 7.11 Å². The fourth-order valence-corrected chi connectivity index (χ4v) is 3.52. The average Bonchev–Trinajstić information content (AvgIpc) is 2.84. The van der Waals surface area contributed by atoms with E-state index in [4.69, 9.17) is 21.1 Å². The number of hydrogen-bond donors (Lipinski definition) is 1. The van der Waals surface area contributed by atoms with Crippen LogP contribution in [0.25, 0.3) is 0 Å². The van der Waals surface area contributed by atoms with Gasteiger partial charge in [-0.3, -0.25) is 9.59 Å². The van der Waals surface area contributed by atoms with Crippen LogP contribution in [0.15, 0.2) is 66.7 Å². The molecule has 0 aliphatic carbocycles. The Hall–Kier alpha value is -3.51. The number of amides is 2. The van der Waals surface area contributed by atoms with Crippen LogP contribution in [0.2, 0.25) is 5.02 Å². The average molecular weight is 467 g/mol. The summed E-state index contributed by atoms with van der Waals surface area (Å²) in [5.74, 6) is 0.539. The van der Waals surface area contributed by atoms with E-state index in [1.807, 2.05) is 32.0 Å². The van der Waals surface area contributed by atoms with E-state index < -0.39 is 0 Å². The topological polar surface area (TPSA) is 67.9 Å². The van der Waals surface area contributed by atoms with Gasteiger partial charge in [0, 0.05) is 40.5 Å². The summed E-state index contributed by atoms with van der Waals surface area (Å²) in [5, 5.41) is 3.46. The first-order valence-corrected chi connectivity index (χ1v) is 11.1. The van der Waals surface area contributed by atoms with Gasteiger partial charge in [0.1, 0.15) is 6.61 Å². The smallest absolute Gasteiger partial charge is 0.255 e. The Morgan fingerprint density at radius 2 is 1.67 bits per heavy atom. The van der Waals surface area contributed by atoms with E-state index in [-0.39, 0.29) is 18.4 Å². The number of rotatable bonds is 9. The van der Waals surface area contributed by atoms with Gasteiger partial charge in [-0.2, -0.15) is 0 Å². The zero-order valence-electron chi connectivity index (χ0n) is 18.9. The number of carbonyl (C=O) groups excluding carboxylic acids is 2. The first-order chi connectivity index (χ1) is 16.0. The molecule has 0 saturated heterocycles. The van der Waals surface area contributed by atoms with Gasteiger partial charge in [-0.25, -0.2) is 0 Å². The van der Waals surface area contributed by atoms with E-state index in [1.54, 1.807) is 53.4 Å². The third-order valence-corrected chi connectivity index (χ3v) is 5.55. The normalized spacial score (nSPS) is 10.4. The Balaban J connectivity index is 1.72. The first-order valence-electron chi connectivity index (χ1n) is 10.7. The van der Waals surface area contributed by atoms with E-state index >= 15 is 0 Å². The molecule has 0 aromatic heterocycles. The van der Waals surface area contributed by atoms with Crippen LogP contribution in [0.3, 0.4) is 0 Å². The van der Waals surface area contributed by atoms with Crippen LogP contribution < -0.4 is 14.8 Å². The second kappa shape index (κ2) is 11.4. The van der Waals surface area contributed by atoms with Gasteiger partial charge in [-0.1, -0.05) is 35.9 Å². The molecular formula is C26H27ClN2O4. The van der Waals surface area contributed by atoms with Gasteiger partial charge in [0.2, 0.25) is 0 Å². The van der Waals surface area contributed by atoms with E-state index in [0.29, 0.717) is 46.4 Å². The number of carbonyl (C=O) groups is 2. The number of nitrogens with one attached hydrogen (secondary N) is 1. The predicted molar refractivity (Wildman–Crippen MR) is 130 cm³/mol. The number of anilines is 1. The molecule has 33 heavy (non-hydrogen) atoms.